The predicted octanol–water partition coefficient (Wildman–Crippen LogP) is 2.32. The number of rotatable bonds is 9. The molecule has 3 amide bonds. The molecule has 1 fully saturated rings. The summed E-state index contributed by atoms with van der Waals surface area (Å²) in [6.07, 6.45) is 2.48. The van der Waals surface area contributed by atoms with E-state index in [9.17, 15) is 14.4 Å². The van der Waals surface area contributed by atoms with E-state index < -0.39 is 12.1 Å². The first-order chi connectivity index (χ1) is 13.5. The van der Waals surface area contributed by atoms with Crippen LogP contribution < -0.4 is 16.0 Å². The van der Waals surface area contributed by atoms with Crippen molar-refractivity contribution >= 4 is 29.1 Å². The summed E-state index contributed by atoms with van der Waals surface area (Å²) in [7, 11) is 0. The van der Waals surface area contributed by atoms with E-state index in [1.165, 1.54) is 18.3 Å². The van der Waals surface area contributed by atoms with Gasteiger partial charge in [0.2, 0.25) is 17.7 Å². The number of benzene rings is 1. The van der Waals surface area contributed by atoms with Gasteiger partial charge in [-0.3, -0.25) is 14.4 Å². The minimum Gasteiger partial charge on any atom is -0.352 e. The lowest BCUT2D eigenvalue weighted by atomic mass is 10.0. The molecule has 1 aliphatic rings. The summed E-state index contributed by atoms with van der Waals surface area (Å²) in [4.78, 5) is 37.8. The van der Waals surface area contributed by atoms with Crippen LogP contribution in [-0.4, -0.2) is 29.8 Å². The molecule has 3 N–H and O–H groups in total. The number of thiophene rings is 1. The zero-order valence-corrected chi connectivity index (χ0v) is 16.6. The average Bonchev–Trinajstić information content (AvgIpc) is 3.30. The summed E-state index contributed by atoms with van der Waals surface area (Å²) in [5.74, 6) is -0.621. The van der Waals surface area contributed by atoms with Crippen LogP contribution in [0.2, 0.25) is 0 Å². The summed E-state index contributed by atoms with van der Waals surface area (Å²) >= 11 is 1.49. The van der Waals surface area contributed by atoms with E-state index in [-0.39, 0.29) is 30.2 Å². The molecule has 0 aliphatic heterocycles. The number of carbonyl (C=O) groups excluding carboxylic acids is 3. The lowest BCUT2D eigenvalue weighted by Crippen LogP contribution is -2.49. The summed E-state index contributed by atoms with van der Waals surface area (Å²) in [6.45, 7) is 1.43. The summed E-state index contributed by atoms with van der Waals surface area (Å²) in [5.41, 5.74) is 0.982. The molecule has 6 nitrogen and oxygen atoms in total. The van der Waals surface area contributed by atoms with Gasteiger partial charge in [0.25, 0.3) is 0 Å². The van der Waals surface area contributed by atoms with Gasteiger partial charge in [-0.1, -0.05) is 36.4 Å². The highest BCUT2D eigenvalue weighted by Gasteiger charge is 2.29. The Kier molecular flexibility index (Phi) is 6.81. The van der Waals surface area contributed by atoms with Gasteiger partial charge >= 0.3 is 0 Å². The van der Waals surface area contributed by atoms with Gasteiger partial charge in [0, 0.05) is 24.3 Å². The first kappa shape index (κ1) is 20.1. The third kappa shape index (κ3) is 6.20. The first-order valence-electron chi connectivity index (χ1n) is 9.45. The number of nitrogens with one attached hydrogen (secondary N) is 3. The van der Waals surface area contributed by atoms with Crippen molar-refractivity contribution < 1.29 is 14.4 Å². The van der Waals surface area contributed by atoms with Crippen molar-refractivity contribution in [3.63, 3.8) is 0 Å². The quantitative estimate of drug-likeness (QED) is 0.605. The molecule has 148 valence electrons. The number of hydrogen-bond donors (Lipinski definition) is 3. The summed E-state index contributed by atoms with van der Waals surface area (Å²) in [5, 5.41) is 10.6. The topological polar surface area (TPSA) is 87.3 Å². The standard InChI is InChI=1S/C21H25N3O3S/c1-14(25)22-17(19-8-5-11-28-19)13-20(26)24-18(21(27)23-16-9-10-16)12-15-6-3-2-4-7-15/h2-8,11,16-18H,9-10,12-13H2,1H3,(H,22,25)(H,23,27)(H,24,26). The Morgan fingerprint density at radius 1 is 1.07 bits per heavy atom. The SMILES string of the molecule is CC(=O)NC(CC(=O)NC(Cc1ccccc1)C(=O)NC1CC1)c1cccs1. The molecule has 1 saturated carbocycles. The third-order valence-corrected chi connectivity index (χ3v) is 5.50. The van der Waals surface area contributed by atoms with Crippen LogP contribution in [-0.2, 0) is 20.8 Å². The van der Waals surface area contributed by atoms with Crippen molar-refractivity contribution in [1.29, 1.82) is 0 Å². The molecule has 2 aromatic rings. The van der Waals surface area contributed by atoms with Crippen LogP contribution in [0.1, 0.15) is 42.7 Å². The van der Waals surface area contributed by atoms with Gasteiger partial charge in [0.05, 0.1) is 12.5 Å². The summed E-state index contributed by atoms with van der Waals surface area (Å²) < 4.78 is 0. The minimum atomic E-state index is -0.642. The van der Waals surface area contributed by atoms with Gasteiger partial charge in [0.1, 0.15) is 6.04 Å². The van der Waals surface area contributed by atoms with Crippen molar-refractivity contribution in [3.8, 4) is 0 Å². The molecule has 2 unspecified atom stereocenters. The second-order valence-electron chi connectivity index (χ2n) is 7.07. The van der Waals surface area contributed by atoms with Crippen molar-refractivity contribution in [2.75, 3.05) is 0 Å². The monoisotopic (exact) mass is 399 g/mol. The molecule has 7 heteroatoms. The predicted molar refractivity (Wildman–Crippen MR) is 109 cm³/mol. The second kappa shape index (κ2) is 9.50. The van der Waals surface area contributed by atoms with Gasteiger partial charge in [0.15, 0.2) is 0 Å². The number of hydrogen-bond acceptors (Lipinski definition) is 4. The highest BCUT2D eigenvalue weighted by molar-refractivity contribution is 7.10. The Balaban J connectivity index is 1.66. The van der Waals surface area contributed by atoms with Crippen LogP contribution in [0.4, 0.5) is 0 Å². The lowest BCUT2D eigenvalue weighted by molar-refractivity contribution is -0.129. The molecule has 1 aromatic carbocycles. The largest absolute Gasteiger partial charge is 0.352 e. The first-order valence-corrected chi connectivity index (χ1v) is 10.3. The Bertz CT molecular complexity index is 804. The van der Waals surface area contributed by atoms with Crippen LogP contribution in [0.15, 0.2) is 47.8 Å². The second-order valence-corrected chi connectivity index (χ2v) is 8.04. The maximum Gasteiger partial charge on any atom is 0.243 e. The zero-order valence-electron chi connectivity index (χ0n) is 15.8. The van der Waals surface area contributed by atoms with Crippen molar-refractivity contribution in [2.45, 2.75) is 50.7 Å². The Labute approximate surface area is 168 Å². The zero-order chi connectivity index (χ0) is 19.9. The molecule has 1 aliphatic carbocycles. The van der Waals surface area contributed by atoms with Gasteiger partial charge in [-0.2, -0.15) is 0 Å². The minimum absolute atomic E-state index is 0.0854. The Morgan fingerprint density at radius 2 is 1.82 bits per heavy atom. The average molecular weight is 400 g/mol. The van der Waals surface area contributed by atoms with Gasteiger partial charge in [-0.05, 0) is 29.9 Å². The fourth-order valence-electron chi connectivity index (χ4n) is 2.98. The van der Waals surface area contributed by atoms with Crippen LogP contribution in [0, 0.1) is 0 Å². The van der Waals surface area contributed by atoms with Crippen LogP contribution in [0.5, 0.6) is 0 Å². The molecule has 1 aromatic heterocycles. The Morgan fingerprint density at radius 3 is 2.43 bits per heavy atom. The van der Waals surface area contributed by atoms with E-state index in [4.69, 9.17) is 0 Å². The molecule has 0 bridgehead atoms. The van der Waals surface area contributed by atoms with E-state index in [1.807, 2.05) is 47.8 Å². The van der Waals surface area contributed by atoms with E-state index in [0.717, 1.165) is 23.3 Å². The molecule has 0 radical (unpaired) electrons. The van der Waals surface area contributed by atoms with Crippen LogP contribution in [0.3, 0.4) is 0 Å². The maximum atomic E-state index is 12.7. The van der Waals surface area contributed by atoms with E-state index in [1.54, 1.807) is 0 Å². The van der Waals surface area contributed by atoms with E-state index in [0.29, 0.717) is 6.42 Å². The fourth-order valence-corrected chi connectivity index (χ4v) is 3.76. The highest BCUT2D eigenvalue weighted by Crippen LogP contribution is 2.22. The molecular weight excluding hydrogens is 374 g/mol. The van der Waals surface area contributed by atoms with Gasteiger partial charge < -0.3 is 16.0 Å². The summed E-state index contributed by atoms with van der Waals surface area (Å²) in [6, 6.07) is 12.6. The maximum absolute atomic E-state index is 12.7. The smallest absolute Gasteiger partial charge is 0.243 e. The van der Waals surface area contributed by atoms with Crippen molar-refractivity contribution in [2.24, 2.45) is 0 Å². The molecule has 0 saturated heterocycles. The molecule has 1 heterocycles. The Hall–Kier alpha value is -2.67. The number of carbonyl (C=O) groups is 3. The van der Waals surface area contributed by atoms with Gasteiger partial charge in [-0.25, -0.2) is 0 Å². The normalized spacial score (nSPS) is 15.3. The van der Waals surface area contributed by atoms with E-state index in [2.05, 4.69) is 16.0 Å². The van der Waals surface area contributed by atoms with Crippen LogP contribution >= 0.6 is 11.3 Å². The van der Waals surface area contributed by atoms with E-state index >= 15 is 0 Å². The molecule has 28 heavy (non-hydrogen) atoms. The molecule has 0 spiro atoms. The fraction of sp³-hybridized carbons (Fsp3) is 0.381. The molecule has 3 rings (SSSR count). The molecule has 2 atom stereocenters. The highest BCUT2D eigenvalue weighted by atomic mass is 32.1. The lowest BCUT2D eigenvalue weighted by Gasteiger charge is -2.21. The third-order valence-electron chi connectivity index (χ3n) is 4.51. The van der Waals surface area contributed by atoms with Crippen molar-refractivity contribution in [1.82, 2.24) is 16.0 Å². The van der Waals surface area contributed by atoms with Gasteiger partial charge in [-0.15, -0.1) is 11.3 Å². The molecular formula is C21H25N3O3S. The van der Waals surface area contributed by atoms with Crippen molar-refractivity contribution in [3.05, 3.63) is 58.3 Å². The van der Waals surface area contributed by atoms with Crippen LogP contribution in [0.25, 0.3) is 0 Å². The number of amides is 3.